The van der Waals surface area contributed by atoms with Crippen molar-refractivity contribution in [2.75, 3.05) is 5.32 Å². The van der Waals surface area contributed by atoms with E-state index in [9.17, 15) is 23.7 Å². The van der Waals surface area contributed by atoms with E-state index in [4.69, 9.17) is 0 Å². The maximum Gasteiger partial charge on any atom is 0.320 e. The summed E-state index contributed by atoms with van der Waals surface area (Å²) >= 11 is 0. The molecule has 0 aliphatic heterocycles. The molecule has 7 nitrogen and oxygen atoms in total. The first kappa shape index (κ1) is 19.2. The smallest absolute Gasteiger partial charge is 0.320 e. The Balaban J connectivity index is 1.63. The van der Waals surface area contributed by atoms with Crippen LogP contribution in [0, 0.1) is 10.1 Å². The van der Waals surface area contributed by atoms with Gasteiger partial charge < -0.3 is 5.32 Å². The van der Waals surface area contributed by atoms with Gasteiger partial charge >= 0.3 is 6.55 Å². The lowest BCUT2D eigenvalue weighted by molar-refractivity contribution is -0.385. The molecule has 0 aliphatic rings. The number of fused-ring (bicyclic) bond motifs is 1. The van der Waals surface area contributed by atoms with Crippen LogP contribution in [0.4, 0.5) is 20.2 Å². The van der Waals surface area contributed by atoms with E-state index in [0.29, 0.717) is 22.3 Å². The molecule has 1 N–H and O–H groups in total. The number of alkyl halides is 2. The molecule has 30 heavy (non-hydrogen) atoms. The molecule has 0 spiro atoms. The van der Waals surface area contributed by atoms with Crippen molar-refractivity contribution in [3.8, 4) is 11.4 Å². The summed E-state index contributed by atoms with van der Waals surface area (Å²) in [6.45, 7) is -2.77. The highest BCUT2D eigenvalue weighted by molar-refractivity contribution is 6.07. The number of hydrogen-bond acceptors (Lipinski definition) is 4. The fourth-order valence-electron chi connectivity index (χ4n) is 3.17. The first-order valence-electron chi connectivity index (χ1n) is 8.86. The van der Waals surface area contributed by atoms with E-state index in [0.717, 1.165) is 4.57 Å². The summed E-state index contributed by atoms with van der Waals surface area (Å²) in [6, 6.07) is 18.3. The van der Waals surface area contributed by atoms with E-state index >= 15 is 0 Å². The zero-order chi connectivity index (χ0) is 21.3. The van der Waals surface area contributed by atoms with Crippen molar-refractivity contribution in [2.24, 2.45) is 0 Å². The summed E-state index contributed by atoms with van der Waals surface area (Å²) < 4.78 is 28.1. The molecule has 4 rings (SSSR count). The zero-order valence-corrected chi connectivity index (χ0v) is 15.3. The number of rotatable bonds is 5. The molecule has 4 aromatic rings. The third kappa shape index (κ3) is 3.48. The Morgan fingerprint density at radius 3 is 2.37 bits per heavy atom. The Morgan fingerprint density at radius 2 is 1.67 bits per heavy atom. The number of anilines is 1. The van der Waals surface area contributed by atoms with Crippen molar-refractivity contribution >= 4 is 28.3 Å². The second-order valence-corrected chi connectivity index (χ2v) is 6.38. The highest BCUT2D eigenvalue weighted by atomic mass is 19.3. The number of imidazole rings is 1. The van der Waals surface area contributed by atoms with Crippen molar-refractivity contribution in [2.45, 2.75) is 6.55 Å². The molecule has 0 atom stereocenters. The van der Waals surface area contributed by atoms with E-state index in [1.165, 1.54) is 36.4 Å². The zero-order valence-electron chi connectivity index (χ0n) is 15.3. The van der Waals surface area contributed by atoms with Gasteiger partial charge in [-0.15, -0.1) is 0 Å². The standard InChI is InChI=1S/C21H14F2N4O3/c22-21(23)26-18-8-4-2-6-16(18)25-19(26)13-9-11-14(12-10-13)24-20(28)15-5-1-3-7-17(15)27(29)30/h1-12,21H,(H,24,28). The molecule has 0 radical (unpaired) electrons. The highest BCUT2D eigenvalue weighted by Gasteiger charge is 2.20. The number of hydrogen-bond donors (Lipinski definition) is 1. The minimum absolute atomic E-state index is 0.0777. The quantitative estimate of drug-likeness (QED) is 0.360. The fourth-order valence-corrected chi connectivity index (χ4v) is 3.17. The fraction of sp³-hybridized carbons (Fsp3) is 0.0476. The maximum atomic E-state index is 13.6. The number of nitro groups is 1. The summed E-state index contributed by atoms with van der Waals surface area (Å²) in [4.78, 5) is 27.2. The van der Waals surface area contributed by atoms with Crippen molar-refractivity contribution in [3.63, 3.8) is 0 Å². The minimum atomic E-state index is -2.77. The molecule has 0 saturated heterocycles. The van der Waals surface area contributed by atoms with Gasteiger partial charge in [0.2, 0.25) is 0 Å². The molecule has 0 bridgehead atoms. The van der Waals surface area contributed by atoms with E-state index in [-0.39, 0.29) is 17.1 Å². The van der Waals surface area contributed by atoms with Crippen LogP contribution in [0.1, 0.15) is 16.9 Å². The second-order valence-electron chi connectivity index (χ2n) is 6.38. The molecule has 9 heteroatoms. The van der Waals surface area contributed by atoms with Crippen LogP contribution in [0.5, 0.6) is 0 Å². The Bertz CT molecular complexity index is 1250. The Labute approximate surface area is 168 Å². The molecule has 1 heterocycles. The van der Waals surface area contributed by atoms with Crippen molar-refractivity contribution < 1.29 is 18.5 Å². The maximum absolute atomic E-state index is 13.6. The predicted molar refractivity (Wildman–Crippen MR) is 107 cm³/mol. The first-order chi connectivity index (χ1) is 14.5. The Morgan fingerprint density at radius 1 is 1.00 bits per heavy atom. The SMILES string of the molecule is O=C(Nc1ccc(-c2nc3ccccc3n2C(F)F)cc1)c1ccccc1[N+](=O)[O-]. The number of aromatic nitrogens is 2. The average molecular weight is 408 g/mol. The molecule has 0 saturated carbocycles. The number of para-hydroxylation sites is 3. The molecule has 3 aromatic carbocycles. The number of nitrogens with zero attached hydrogens (tertiary/aromatic N) is 3. The van der Waals surface area contributed by atoms with Crippen LogP contribution < -0.4 is 5.32 Å². The van der Waals surface area contributed by atoms with Gasteiger partial charge in [0.15, 0.2) is 0 Å². The van der Waals surface area contributed by atoms with Gasteiger partial charge in [0.25, 0.3) is 11.6 Å². The summed E-state index contributed by atoms with van der Waals surface area (Å²) in [7, 11) is 0. The van der Waals surface area contributed by atoms with Crippen LogP contribution in [-0.4, -0.2) is 20.4 Å². The topological polar surface area (TPSA) is 90.1 Å². The van der Waals surface area contributed by atoms with Crippen molar-refractivity contribution in [3.05, 3.63) is 88.5 Å². The molecular weight excluding hydrogens is 394 g/mol. The van der Waals surface area contributed by atoms with E-state index in [2.05, 4.69) is 10.3 Å². The third-order valence-corrected chi connectivity index (χ3v) is 4.54. The van der Waals surface area contributed by atoms with E-state index in [1.807, 2.05) is 0 Å². The summed E-state index contributed by atoms with van der Waals surface area (Å²) in [5.74, 6) is -0.544. The van der Waals surface area contributed by atoms with Crippen LogP contribution >= 0.6 is 0 Å². The summed E-state index contributed by atoms with van der Waals surface area (Å²) in [6.07, 6.45) is 0. The molecular formula is C21H14F2N4O3. The van der Waals surface area contributed by atoms with E-state index in [1.54, 1.807) is 36.4 Å². The number of amides is 1. The molecule has 0 aliphatic carbocycles. The van der Waals surface area contributed by atoms with Gasteiger partial charge in [-0.25, -0.2) is 4.98 Å². The predicted octanol–water partition coefficient (Wildman–Crippen LogP) is 5.26. The highest BCUT2D eigenvalue weighted by Crippen LogP contribution is 2.30. The average Bonchev–Trinajstić information content (AvgIpc) is 3.14. The lowest BCUT2D eigenvalue weighted by Gasteiger charge is -2.09. The van der Waals surface area contributed by atoms with Crippen LogP contribution in [0.25, 0.3) is 22.4 Å². The Hall–Kier alpha value is -4.14. The van der Waals surface area contributed by atoms with Crippen LogP contribution in [-0.2, 0) is 0 Å². The van der Waals surface area contributed by atoms with Gasteiger partial charge in [0.1, 0.15) is 11.4 Å². The largest absolute Gasteiger partial charge is 0.322 e. The summed E-state index contributed by atoms with van der Waals surface area (Å²) in [5, 5.41) is 13.7. The minimum Gasteiger partial charge on any atom is -0.322 e. The first-order valence-corrected chi connectivity index (χ1v) is 8.86. The van der Waals surface area contributed by atoms with Crippen molar-refractivity contribution in [1.29, 1.82) is 0 Å². The van der Waals surface area contributed by atoms with Crippen LogP contribution in [0.3, 0.4) is 0 Å². The molecule has 1 aromatic heterocycles. The lowest BCUT2D eigenvalue weighted by atomic mass is 10.1. The molecule has 150 valence electrons. The van der Waals surface area contributed by atoms with Crippen LogP contribution in [0.2, 0.25) is 0 Å². The molecule has 1 amide bonds. The number of carbonyl (C=O) groups is 1. The van der Waals surface area contributed by atoms with Crippen molar-refractivity contribution in [1.82, 2.24) is 9.55 Å². The number of benzene rings is 3. The molecule has 0 fully saturated rings. The number of nitro benzene ring substituents is 1. The Kier molecular flexibility index (Phi) is 4.93. The van der Waals surface area contributed by atoms with Gasteiger partial charge in [0.05, 0.1) is 16.0 Å². The number of halogens is 2. The number of carbonyl (C=O) groups excluding carboxylic acids is 1. The summed E-state index contributed by atoms with van der Waals surface area (Å²) in [5.41, 5.74) is 1.18. The van der Waals surface area contributed by atoms with Crippen LogP contribution in [0.15, 0.2) is 72.8 Å². The van der Waals surface area contributed by atoms with Gasteiger partial charge in [-0.05, 0) is 42.5 Å². The third-order valence-electron chi connectivity index (χ3n) is 4.54. The van der Waals surface area contributed by atoms with E-state index < -0.39 is 17.4 Å². The normalized spacial score (nSPS) is 11.0. The van der Waals surface area contributed by atoms with Gasteiger partial charge in [-0.3, -0.25) is 19.5 Å². The number of nitrogens with one attached hydrogen (secondary N) is 1. The van der Waals surface area contributed by atoms with Gasteiger partial charge in [0, 0.05) is 17.3 Å². The second kappa shape index (κ2) is 7.70. The van der Waals surface area contributed by atoms with Gasteiger partial charge in [-0.1, -0.05) is 24.3 Å². The molecule has 0 unspecified atom stereocenters. The van der Waals surface area contributed by atoms with Gasteiger partial charge in [-0.2, -0.15) is 8.78 Å². The monoisotopic (exact) mass is 408 g/mol. The lowest BCUT2D eigenvalue weighted by Crippen LogP contribution is -2.13.